The molecule has 2 rings (SSSR count). The van der Waals surface area contributed by atoms with Gasteiger partial charge in [0.15, 0.2) is 6.61 Å². The fraction of sp³-hybridized carbons (Fsp3) is 0.440. The molecular weight excluding hydrogens is 456 g/mol. The van der Waals surface area contributed by atoms with Gasteiger partial charge in [0.2, 0.25) is 5.91 Å². The molecule has 0 aromatic heterocycles. The highest BCUT2D eigenvalue weighted by Gasteiger charge is 2.27. The largest absolute Gasteiger partial charge is 0.483 e. The molecule has 1 N–H and O–H groups in total. The van der Waals surface area contributed by atoms with Crippen LogP contribution in [0.1, 0.15) is 58.1 Å². The molecule has 0 saturated carbocycles. The van der Waals surface area contributed by atoms with Gasteiger partial charge in [-0.25, -0.2) is 0 Å². The highest BCUT2D eigenvalue weighted by molar-refractivity contribution is 9.10. The molecule has 0 radical (unpaired) electrons. The zero-order valence-electron chi connectivity index (χ0n) is 19.0. The van der Waals surface area contributed by atoms with Crippen LogP contribution in [0.5, 0.6) is 5.75 Å². The molecule has 2 aromatic carbocycles. The maximum absolute atomic E-state index is 13.1. The molecule has 6 heteroatoms. The summed E-state index contributed by atoms with van der Waals surface area (Å²) in [6, 6.07) is 15.0. The standard InChI is InChI=1S/C25H33BrN2O3/c1-6-18(4)27-25(30)19(5)28(15-20-10-8-7-9-11-20)24(29)16-31-23-13-12-21(17(2)3)14-22(23)26/h7-14,17-19H,6,15-16H2,1-5H3,(H,27,30). The quantitative estimate of drug-likeness (QED) is 0.494. The topological polar surface area (TPSA) is 58.6 Å². The predicted octanol–water partition coefficient (Wildman–Crippen LogP) is 5.28. The summed E-state index contributed by atoms with van der Waals surface area (Å²) < 4.78 is 6.62. The van der Waals surface area contributed by atoms with Crippen LogP contribution < -0.4 is 10.1 Å². The zero-order valence-corrected chi connectivity index (χ0v) is 20.6. The van der Waals surface area contributed by atoms with Crippen molar-refractivity contribution in [1.82, 2.24) is 10.2 Å². The van der Waals surface area contributed by atoms with Crippen LogP contribution in [0.4, 0.5) is 0 Å². The number of carbonyl (C=O) groups excluding carboxylic acids is 2. The third-order valence-electron chi connectivity index (χ3n) is 5.34. The molecule has 0 heterocycles. The maximum Gasteiger partial charge on any atom is 0.261 e. The van der Waals surface area contributed by atoms with E-state index in [-0.39, 0.29) is 24.5 Å². The molecule has 2 unspecified atom stereocenters. The number of amides is 2. The molecule has 0 fully saturated rings. The van der Waals surface area contributed by atoms with Gasteiger partial charge in [-0.15, -0.1) is 0 Å². The van der Waals surface area contributed by atoms with Crippen LogP contribution in [0.2, 0.25) is 0 Å². The minimum atomic E-state index is -0.614. The van der Waals surface area contributed by atoms with Crippen LogP contribution >= 0.6 is 15.9 Å². The van der Waals surface area contributed by atoms with E-state index in [0.29, 0.717) is 18.2 Å². The van der Waals surface area contributed by atoms with Crippen molar-refractivity contribution >= 4 is 27.7 Å². The first kappa shape index (κ1) is 24.9. The minimum absolute atomic E-state index is 0.0512. The van der Waals surface area contributed by atoms with E-state index in [1.807, 2.05) is 62.4 Å². The second-order valence-corrected chi connectivity index (χ2v) is 8.99. The molecule has 5 nitrogen and oxygen atoms in total. The van der Waals surface area contributed by atoms with E-state index in [1.165, 1.54) is 5.56 Å². The van der Waals surface area contributed by atoms with E-state index >= 15 is 0 Å². The van der Waals surface area contributed by atoms with Crippen molar-refractivity contribution in [1.29, 1.82) is 0 Å². The number of nitrogens with one attached hydrogen (secondary N) is 1. The van der Waals surface area contributed by atoms with E-state index in [2.05, 4.69) is 35.1 Å². The summed E-state index contributed by atoms with van der Waals surface area (Å²) >= 11 is 3.53. The highest BCUT2D eigenvalue weighted by Crippen LogP contribution is 2.29. The second-order valence-electron chi connectivity index (χ2n) is 8.13. The van der Waals surface area contributed by atoms with Crippen LogP contribution in [-0.4, -0.2) is 35.4 Å². The molecule has 0 spiro atoms. The normalized spacial score (nSPS) is 12.9. The monoisotopic (exact) mass is 488 g/mol. The molecule has 2 atom stereocenters. The van der Waals surface area contributed by atoms with Gasteiger partial charge in [0, 0.05) is 12.6 Å². The number of ether oxygens (including phenoxy) is 1. The average Bonchev–Trinajstić information content (AvgIpc) is 2.76. The summed E-state index contributed by atoms with van der Waals surface area (Å²) in [7, 11) is 0. The van der Waals surface area contributed by atoms with Crippen LogP contribution in [0.15, 0.2) is 53.0 Å². The van der Waals surface area contributed by atoms with Crippen molar-refractivity contribution in [2.45, 2.75) is 65.6 Å². The molecule has 2 amide bonds. The van der Waals surface area contributed by atoms with Gasteiger partial charge in [-0.2, -0.15) is 0 Å². The van der Waals surface area contributed by atoms with Crippen molar-refractivity contribution in [2.24, 2.45) is 0 Å². The second kappa shape index (κ2) is 11.9. The summed E-state index contributed by atoms with van der Waals surface area (Å²) in [5.41, 5.74) is 2.15. The third kappa shape index (κ3) is 7.39. The number of rotatable bonds is 10. The van der Waals surface area contributed by atoms with Crippen LogP contribution in [0, 0.1) is 0 Å². The number of halogens is 1. The number of carbonyl (C=O) groups is 2. The summed E-state index contributed by atoms with van der Waals surface area (Å²) in [5, 5.41) is 2.97. The first-order valence-corrected chi connectivity index (χ1v) is 11.6. The zero-order chi connectivity index (χ0) is 23.0. The van der Waals surface area contributed by atoms with Crippen molar-refractivity contribution < 1.29 is 14.3 Å². The lowest BCUT2D eigenvalue weighted by atomic mass is 10.0. The first-order valence-electron chi connectivity index (χ1n) is 10.8. The molecule has 2 aromatic rings. The summed E-state index contributed by atoms with van der Waals surface area (Å²) in [4.78, 5) is 27.4. The fourth-order valence-corrected chi connectivity index (χ4v) is 3.55. The molecule has 0 aliphatic carbocycles. The Morgan fingerprint density at radius 1 is 1.06 bits per heavy atom. The smallest absolute Gasteiger partial charge is 0.261 e. The molecule has 31 heavy (non-hydrogen) atoms. The van der Waals surface area contributed by atoms with Gasteiger partial charge < -0.3 is 15.0 Å². The van der Waals surface area contributed by atoms with Crippen LogP contribution in [0.25, 0.3) is 0 Å². The number of hydrogen-bond donors (Lipinski definition) is 1. The van der Waals surface area contributed by atoms with E-state index in [9.17, 15) is 9.59 Å². The minimum Gasteiger partial charge on any atom is -0.483 e. The molecule has 0 bridgehead atoms. The lowest BCUT2D eigenvalue weighted by Crippen LogP contribution is -2.50. The Kier molecular flexibility index (Phi) is 9.56. The van der Waals surface area contributed by atoms with E-state index in [0.717, 1.165) is 16.5 Å². The summed E-state index contributed by atoms with van der Waals surface area (Å²) in [6.07, 6.45) is 0.828. The first-order chi connectivity index (χ1) is 14.7. The average molecular weight is 489 g/mol. The Hall–Kier alpha value is -2.34. The molecular formula is C25H33BrN2O3. The molecule has 0 saturated heterocycles. The van der Waals surface area contributed by atoms with Crippen molar-refractivity contribution in [3.05, 3.63) is 64.1 Å². The number of nitrogens with zero attached hydrogens (tertiary/aromatic N) is 1. The van der Waals surface area contributed by atoms with Gasteiger partial charge in [0.05, 0.1) is 4.47 Å². The van der Waals surface area contributed by atoms with Crippen LogP contribution in [-0.2, 0) is 16.1 Å². The van der Waals surface area contributed by atoms with Gasteiger partial charge in [0.25, 0.3) is 5.91 Å². The van der Waals surface area contributed by atoms with Gasteiger partial charge in [-0.3, -0.25) is 9.59 Å². The Bertz CT molecular complexity index is 870. The maximum atomic E-state index is 13.1. The van der Waals surface area contributed by atoms with Gasteiger partial charge in [-0.05, 0) is 65.4 Å². The lowest BCUT2D eigenvalue weighted by Gasteiger charge is -2.29. The Morgan fingerprint density at radius 2 is 1.74 bits per heavy atom. The third-order valence-corrected chi connectivity index (χ3v) is 5.96. The van der Waals surface area contributed by atoms with Gasteiger partial charge >= 0.3 is 0 Å². The fourth-order valence-electron chi connectivity index (χ4n) is 3.04. The van der Waals surface area contributed by atoms with Gasteiger partial charge in [-0.1, -0.05) is 57.2 Å². The molecule has 168 valence electrons. The predicted molar refractivity (Wildman–Crippen MR) is 128 cm³/mol. The van der Waals surface area contributed by atoms with E-state index in [1.54, 1.807) is 11.8 Å². The SMILES string of the molecule is CCC(C)NC(=O)C(C)N(Cc1ccccc1)C(=O)COc1ccc(C(C)C)cc1Br. The summed E-state index contributed by atoms with van der Waals surface area (Å²) in [6.45, 7) is 10.2. The van der Waals surface area contributed by atoms with Crippen molar-refractivity contribution in [2.75, 3.05) is 6.61 Å². The molecule has 0 aliphatic heterocycles. The Morgan fingerprint density at radius 3 is 2.32 bits per heavy atom. The summed E-state index contributed by atoms with van der Waals surface area (Å²) in [5.74, 6) is 0.601. The van der Waals surface area contributed by atoms with Gasteiger partial charge in [0.1, 0.15) is 11.8 Å². The number of benzene rings is 2. The molecule has 0 aliphatic rings. The van der Waals surface area contributed by atoms with E-state index in [4.69, 9.17) is 4.74 Å². The van der Waals surface area contributed by atoms with Crippen molar-refractivity contribution in [3.8, 4) is 5.75 Å². The lowest BCUT2D eigenvalue weighted by molar-refractivity contribution is -0.142. The van der Waals surface area contributed by atoms with Crippen LogP contribution in [0.3, 0.4) is 0 Å². The number of hydrogen-bond acceptors (Lipinski definition) is 3. The Balaban J connectivity index is 2.14. The Labute approximate surface area is 194 Å². The highest BCUT2D eigenvalue weighted by atomic mass is 79.9. The van der Waals surface area contributed by atoms with Crippen molar-refractivity contribution in [3.63, 3.8) is 0 Å². The van der Waals surface area contributed by atoms with E-state index < -0.39 is 6.04 Å².